The third-order valence-electron chi connectivity index (χ3n) is 1.85. The molecule has 0 saturated carbocycles. The summed E-state index contributed by atoms with van der Waals surface area (Å²) in [7, 11) is 0. The van der Waals surface area contributed by atoms with Crippen molar-refractivity contribution < 1.29 is 9.90 Å². The largest absolute Gasteiger partial charge is 0.465 e. The molecule has 1 aliphatic rings. The molecule has 0 fully saturated rings. The van der Waals surface area contributed by atoms with Crippen LogP contribution in [-0.4, -0.2) is 17.9 Å². The third kappa shape index (κ3) is 0.887. The van der Waals surface area contributed by atoms with Gasteiger partial charge in [0.1, 0.15) is 0 Å². The fourth-order valence-corrected chi connectivity index (χ4v) is 1.28. The van der Waals surface area contributed by atoms with Crippen molar-refractivity contribution in [3.8, 4) is 0 Å². The van der Waals surface area contributed by atoms with Crippen molar-refractivity contribution in [2.75, 3.05) is 16.9 Å². The zero-order chi connectivity index (χ0) is 8.55. The molecule has 62 valence electrons. The highest BCUT2D eigenvalue weighted by atomic mass is 16.4. The summed E-state index contributed by atoms with van der Waals surface area (Å²) in [5, 5.41) is 11.7. The number of hydrogen-bond donors (Lipinski definition) is 2. The average molecular weight is 164 g/mol. The van der Waals surface area contributed by atoms with Gasteiger partial charge < -0.3 is 10.4 Å². The predicted molar refractivity (Wildman–Crippen MR) is 45.4 cm³/mol. The van der Waals surface area contributed by atoms with E-state index in [4.69, 9.17) is 5.11 Å². The van der Waals surface area contributed by atoms with Crippen molar-refractivity contribution >= 4 is 17.5 Å². The number of carbonyl (C=O) groups is 1. The molecule has 0 radical (unpaired) electrons. The number of hydrogen-bond acceptors (Lipinski definition) is 2. The van der Waals surface area contributed by atoms with E-state index in [1.54, 1.807) is 6.07 Å². The lowest BCUT2D eigenvalue weighted by molar-refractivity contribution is 0.202. The Labute approximate surface area is 69.4 Å². The molecule has 0 aliphatic carbocycles. The monoisotopic (exact) mass is 164 g/mol. The van der Waals surface area contributed by atoms with E-state index < -0.39 is 6.09 Å². The van der Waals surface area contributed by atoms with Gasteiger partial charge in [-0.1, -0.05) is 12.1 Å². The summed E-state index contributed by atoms with van der Waals surface area (Å²) in [5.74, 6) is 0. The number of benzene rings is 1. The molecule has 0 spiro atoms. The van der Waals surface area contributed by atoms with Crippen molar-refractivity contribution in [1.82, 2.24) is 0 Å². The minimum Gasteiger partial charge on any atom is -0.465 e. The zero-order valence-corrected chi connectivity index (χ0v) is 6.32. The Hall–Kier alpha value is -1.71. The van der Waals surface area contributed by atoms with Crippen LogP contribution in [0.3, 0.4) is 0 Å². The first-order chi connectivity index (χ1) is 5.79. The van der Waals surface area contributed by atoms with Gasteiger partial charge in [-0.15, -0.1) is 0 Å². The summed E-state index contributed by atoms with van der Waals surface area (Å²) in [5.41, 5.74) is 1.60. The molecule has 2 rings (SSSR count). The van der Waals surface area contributed by atoms with Gasteiger partial charge in [-0.2, -0.15) is 0 Å². The molecule has 4 heteroatoms. The van der Waals surface area contributed by atoms with E-state index in [1.807, 2.05) is 18.2 Å². The Bertz CT molecular complexity index is 325. The van der Waals surface area contributed by atoms with Crippen LogP contribution in [0.1, 0.15) is 0 Å². The van der Waals surface area contributed by atoms with E-state index in [9.17, 15) is 4.79 Å². The van der Waals surface area contributed by atoms with Gasteiger partial charge in [0.2, 0.25) is 0 Å². The molecule has 1 aliphatic heterocycles. The third-order valence-corrected chi connectivity index (χ3v) is 1.85. The summed E-state index contributed by atoms with van der Waals surface area (Å²) >= 11 is 0. The molecule has 0 atom stereocenters. The molecular weight excluding hydrogens is 156 g/mol. The number of nitrogens with zero attached hydrogens (tertiary/aromatic N) is 1. The van der Waals surface area contributed by atoms with E-state index in [1.165, 1.54) is 4.90 Å². The number of amides is 1. The van der Waals surface area contributed by atoms with E-state index in [0.717, 1.165) is 11.4 Å². The predicted octanol–water partition coefficient (Wildman–Crippen LogP) is 1.55. The van der Waals surface area contributed by atoms with Crippen LogP contribution in [0.4, 0.5) is 16.2 Å². The molecule has 1 aromatic rings. The molecule has 1 heterocycles. The van der Waals surface area contributed by atoms with Crippen molar-refractivity contribution in [3.63, 3.8) is 0 Å². The van der Waals surface area contributed by atoms with Crippen LogP contribution in [0.5, 0.6) is 0 Å². The molecular formula is C8H8N2O2. The molecule has 4 nitrogen and oxygen atoms in total. The van der Waals surface area contributed by atoms with Crippen LogP contribution >= 0.6 is 0 Å². The van der Waals surface area contributed by atoms with Crippen molar-refractivity contribution in [2.24, 2.45) is 0 Å². The van der Waals surface area contributed by atoms with Crippen LogP contribution < -0.4 is 10.2 Å². The van der Waals surface area contributed by atoms with Gasteiger partial charge in [0.15, 0.2) is 0 Å². The maximum Gasteiger partial charge on any atom is 0.413 e. The molecule has 0 unspecified atom stereocenters. The van der Waals surface area contributed by atoms with Crippen LogP contribution in [0, 0.1) is 0 Å². The maximum atomic E-state index is 10.7. The summed E-state index contributed by atoms with van der Waals surface area (Å²) in [6.07, 6.45) is -0.924. The maximum absolute atomic E-state index is 10.7. The minimum atomic E-state index is -0.924. The van der Waals surface area contributed by atoms with Crippen LogP contribution in [-0.2, 0) is 0 Å². The first-order valence-electron chi connectivity index (χ1n) is 3.62. The molecule has 2 N–H and O–H groups in total. The molecule has 1 amide bonds. The van der Waals surface area contributed by atoms with E-state index >= 15 is 0 Å². The smallest absolute Gasteiger partial charge is 0.413 e. The number of nitrogens with one attached hydrogen (secondary N) is 1. The Kier molecular flexibility index (Phi) is 1.40. The molecule has 0 saturated heterocycles. The zero-order valence-electron chi connectivity index (χ0n) is 6.32. The summed E-state index contributed by atoms with van der Waals surface area (Å²) in [6.45, 7) is 0.342. The highest BCUT2D eigenvalue weighted by molar-refractivity contribution is 5.94. The van der Waals surface area contributed by atoms with Gasteiger partial charge in [-0.25, -0.2) is 4.79 Å². The summed E-state index contributed by atoms with van der Waals surface area (Å²) < 4.78 is 0. The lowest BCUT2D eigenvalue weighted by Crippen LogP contribution is -2.28. The quantitative estimate of drug-likeness (QED) is 0.611. The lowest BCUT2D eigenvalue weighted by Gasteiger charge is -2.09. The van der Waals surface area contributed by atoms with Gasteiger partial charge in [0, 0.05) is 0 Å². The Morgan fingerprint density at radius 1 is 1.50 bits per heavy atom. The second-order valence-electron chi connectivity index (χ2n) is 2.56. The normalized spacial score (nSPS) is 13.8. The van der Waals surface area contributed by atoms with Gasteiger partial charge in [-0.3, -0.25) is 4.90 Å². The van der Waals surface area contributed by atoms with Crippen molar-refractivity contribution in [1.29, 1.82) is 0 Å². The summed E-state index contributed by atoms with van der Waals surface area (Å²) in [6, 6.07) is 7.33. The van der Waals surface area contributed by atoms with Crippen LogP contribution in [0.25, 0.3) is 0 Å². The fraction of sp³-hybridized carbons (Fsp3) is 0.125. The number of carboxylic acid groups (broad SMARTS) is 1. The van der Waals surface area contributed by atoms with Gasteiger partial charge >= 0.3 is 6.09 Å². The van der Waals surface area contributed by atoms with Crippen LogP contribution in [0.15, 0.2) is 24.3 Å². The standard InChI is InChI=1S/C8H8N2O2/c11-8(12)10-5-9-6-3-1-2-4-7(6)10/h1-4,9H,5H2,(H,11,12). The first kappa shape index (κ1) is 6.97. The van der Waals surface area contributed by atoms with Gasteiger partial charge in [-0.05, 0) is 12.1 Å². The van der Waals surface area contributed by atoms with Crippen molar-refractivity contribution in [2.45, 2.75) is 0 Å². The molecule has 0 aromatic heterocycles. The SMILES string of the molecule is O=C(O)N1CNc2ccccc21. The lowest BCUT2D eigenvalue weighted by atomic mass is 10.3. The highest BCUT2D eigenvalue weighted by Gasteiger charge is 2.22. The second kappa shape index (κ2) is 2.41. The summed E-state index contributed by atoms with van der Waals surface area (Å²) in [4.78, 5) is 11.9. The van der Waals surface area contributed by atoms with Gasteiger partial charge in [0.25, 0.3) is 0 Å². The van der Waals surface area contributed by atoms with Gasteiger partial charge in [0.05, 0.1) is 18.0 Å². The van der Waals surface area contributed by atoms with E-state index in [2.05, 4.69) is 5.32 Å². The first-order valence-corrected chi connectivity index (χ1v) is 3.62. The number of rotatable bonds is 0. The van der Waals surface area contributed by atoms with Crippen molar-refractivity contribution in [3.05, 3.63) is 24.3 Å². The number of anilines is 2. The Balaban J connectivity index is 2.42. The highest BCUT2D eigenvalue weighted by Crippen LogP contribution is 2.30. The molecule has 1 aromatic carbocycles. The Morgan fingerprint density at radius 2 is 2.25 bits per heavy atom. The molecule has 12 heavy (non-hydrogen) atoms. The Morgan fingerprint density at radius 3 is 3.00 bits per heavy atom. The molecule has 0 bridgehead atoms. The number of para-hydroxylation sites is 2. The second-order valence-corrected chi connectivity index (χ2v) is 2.56. The van der Waals surface area contributed by atoms with E-state index in [0.29, 0.717) is 6.67 Å². The topological polar surface area (TPSA) is 52.6 Å². The van der Waals surface area contributed by atoms with E-state index in [-0.39, 0.29) is 0 Å². The minimum absolute atomic E-state index is 0.342. The van der Waals surface area contributed by atoms with Crippen LogP contribution in [0.2, 0.25) is 0 Å². The number of fused-ring (bicyclic) bond motifs is 1. The average Bonchev–Trinajstić information content (AvgIpc) is 2.47. The fourth-order valence-electron chi connectivity index (χ4n) is 1.28.